The van der Waals surface area contributed by atoms with Gasteiger partial charge in [0.25, 0.3) is 0 Å². The highest BCUT2D eigenvalue weighted by atomic mass is 35.5. The molecule has 90 valence electrons. The van der Waals surface area contributed by atoms with Gasteiger partial charge < -0.3 is 15.0 Å². The lowest BCUT2D eigenvalue weighted by Gasteiger charge is -2.11. The van der Waals surface area contributed by atoms with Crippen LogP contribution in [0.1, 0.15) is 5.82 Å². The second kappa shape index (κ2) is 6.62. The zero-order chi connectivity index (χ0) is 12.0. The van der Waals surface area contributed by atoms with Crippen molar-refractivity contribution in [3.63, 3.8) is 0 Å². The Labute approximate surface area is 101 Å². The molecule has 0 saturated heterocycles. The van der Waals surface area contributed by atoms with E-state index in [-0.39, 0.29) is 0 Å². The summed E-state index contributed by atoms with van der Waals surface area (Å²) in [7, 11) is 5.64. The molecule has 0 saturated carbocycles. The fourth-order valence-corrected chi connectivity index (χ4v) is 1.36. The molecule has 0 aliphatic carbocycles. The highest BCUT2D eigenvalue weighted by Gasteiger charge is 2.02. The van der Waals surface area contributed by atoms with Gasteiger partial charge >= 0.3 is 0 Å². The van der Waals surface area contributed by atoms with Gasteiger partial charge in [-0.05, 0) is 14.1 Å². The van der Waals surface area contributed by atoms with Crippen LogP contribution >= 0.6 is 11.6 Å². The Morgan fingerprint density at radius 2 is 2.19 bits per heavy atom. The Hall–Kier alpha value is -0.910. The molecule has 0 radical (unpaired) electrons. The van der Waals surface area contributed by atoms with Crippen LogP contribution < -0.4 is 5.32 Å². The quantitative estimate of drug-likeness (QED) is 0.764. The summed E-state index contributed by atoms with van der Waals surface area (Å²) in [4.78, 5) is 10.4. The van der Waals surface area contributed by atoms with E-state index >= 15 is 0 Å². The van der Waals surface area contributed by atoms with Crippen LogP contribution in [0.4, 0.5) is 5.82 Å². The Bertz CT molecular complexity index is 333. The third-order valence-electron chi connectivity index (χ3n) is 1.88. The standard InChI is InChI=1S/C10H17ClN4O/c1-15(2)5-4-12-9-6-8(11)13-10(14-9)7-16-3/h6H,4-5,7H2,1-3H3,(H,12,13,14). The molecule has 1 heterocycles. The van der Waals surface area contributed by atoms with Gasteiger partial charge in [-0.25, -0.2) is 9.97 Å². The Morgan fingerprint density at radius 3 is 2.81 bits per heavy atom. The summed E-state index contributed by atoms with van der Waals surface area (Å²) in [5, 5.41) is 3.61. The molecule has 0 amide bonds. The van der Waals surface area contributed by atoms with Gasteiger partial charge in [0.1, 0.15) is 17.6 Å². The van der Waals surface area contributed by atoms with Gasteiger partial charge in [0.2, 0.25) is 0 Å². The molecule has 0 atom stereocenters. The molecule has 0 fully saturated rings. The molecular formula is C10H17ClN4O. The van der Waals surface area contributed by atoms with Gasteiger partial charge in [-0.3, -0.25) is 0 Å². The number of ether oxygens (including phenoxy) is 1. The van der Waals surface area contributed by atoms with Crippen LogP contribution in [0.15, 0.2) is 6.07 Å². The number of likely N-dealkylation sites (N-methyl/N-ethyl adjacent to an activating group) is 1. The summed E-state index contributed by atoms with van der Waals surface area (Å²) in [6, 6.07) is 1.70. The molecule has 0 aliphatic rings. The number of halogens is 1. The maximum absolute atomic E-state index is 5.87. The number of anilines is 1. The molecule has 1 rings (SSSR count). The van der Waals surface area contributed by atoms with Crippen molar-refractivity contribution in [3.8, 4) is 0 Å². The van der Waals surface area contributed by atoms with Crippen LogP contribution in [-0.2, 0) is 11.3 Å². The summed E-state index contributed by atoms with van der Waals surface area (Å²) < 4.78 is 4.96. The number of hydrogen-bond acceptors (Lipinski definition) is 5. The highest BCUT2D eigenvalue weighted by Crippen LogP contribution is 2.11. The Balaban J connectivity index is 2.58. The van der Waals surface area contributed by atoms with E-state index in [0.717, 1.165) is 18.9 Å². The summed E-state index contributed by atoms with van der Waals surface area (Å²) in [6.45, 7) is 2.11. The van der Waals surface area contributed by atoms with Crippen LogP contribution in [0.5, 0.6) is 0 Å². The van der Waals surface area contributed by atoms with Gasteiger partial charge in [-0.15, -0.1) is 0 Å². The van der Waals surface area contributed by atoms with E-state index in [1.54, 1.807) is 13.2 Å². The Kier molecular flexibility index (Phi) is 5.45. The van der Waals surface area contributed by atoms with Crippen molar-refractivity contribution < 1.29 is 4.74 Å². The maximum atomic E-state index is 5.87. The van der Waals surface area contributed by atoms with E-state index < -0.39 is 0 Å². The lowest BCUT2D eigenvalue weighted by atomic mass is 10.5. The van der Waals surface area contributed by atoms with Crippen LogP contribution in [0.3, 0.4) is 0 Å². The minimum Gasteiger partial charge on any atom is -0.377 e. The molecule has 16 heavy (non-hydrogen) atoms. The average molecular weight is 245 g/mol. The number of aromatic nitrogens is 2. The second-order valence-corrected chi connectivity index (χ2v) is 4.04. The molecule has 0 spiro atoms. The summed E-state index contributed by atoms with van der Waals surface area (Å²) in [5.41, 5.74) is 0. The molecule has 6 heteroatoms. The first kappa shape index (κ1) is 13.2. The van der Waals surface area contributed by atoms with Gasteiger partial charge in [0, 0.05) is 26.3 Å². The zero-order valence-electron chi connectivity index (χ0n) is 9.83. The molecule has 0 aromatic carbocycles. The molecule has 0 bridgehead atoms. The van der Waals surface area contributed by atoms with Crippen molar-refractivity contribution >= 4 is 17.4 Å². The van der Waals surface area contributed by atoms with Crippen LogP contribution in [0.25, 0.3) is 0 Å². The van der Waals surface area contributed by atoms with Gasteiger partial charge in [0.15, 0.2) is 5.82 Å². The predicted octanol–water partition coefficient (Wildman–Crippen LogP) is 1.25. The molecular weight excluding hydrogens is 228 g/mol. The van der Waals surface area contributed by atoms with E-state index in [4.69, 9.17) is 16.3 Å². The van der Waals surface area contributed by atoms with E-state index in [9.17, 15) is 0 Å². The van der Waals surface area contributed by atoms with E-state index in [2.05, 4.69) is 20.2 Å². The SMILES string of the molecule is COCc1nc(Cl)cc(NCCN(C)C)n1. The van der Waals surface area contributed by atoms with Crippen molar-refractivity contribution in [2.45, 2.75) is 6.61 Å². The van der Waals surface area contributed by atoms with Gasteiger partial charge in [0.05, 0.1) is 0 Å². The van der Waals surface area contributed by atoms with Crippen LogP contribution in [-0.4, -0.2) is 49.2 Å². The van der Waals surface area contributed by atoms with E-state index in [0.29, 0.717) is 17.6 Å². The minimum atomic E-state index is 0.364. The highest BCUT2D eigenvalue weighted by molar-refractivity contribution is 6.29. The van der Waals surface area contributed by atoms with Gasteiger partial charge in [-0.2, -0.15) is 0 Å². The molecule has 0 unspecified atom stereocenters. The molecule has 0 aliphatic heterocycles. The summed E-state index contributed by atoms with van der Waals surface area (Å²) in [6.07, 6.45) is 0. The fraction of sp³-hybridized carbons (Fsp3) is 0.600. The molecule has 1 aromatic rings. The lowest BCUT2D eigenvalue weighted by molar-refractivity contribution is 0.178. The summed E-state index contributed by atoms with van der Waals surface area (Å²) in [5.74, 6) is 1.32. The molecule has 1 aromatic heterocycles. The normalized spacial score (nSPS) is 10.8. The lowest BCUT2D eigenvalue weighted by Crippen LogP contribution is -2.21. The number of hydrogen-bond donors (Lipinski definition) is 1. The van der Waals surface area contributed by atoms with Crippen molar-refractivity contribution in [1.82, 2.24) is 14.9 Å². The summed E-state index contributed by atoms with van der Waals surface area (Å²) >= 11 is 5.87. The number of methoxy groups -OCH3 is 1. The smallest absolute Gasteiger partial charge is 0.158 e. The number of nitrogens with zero attached hydrogens (tertiary/aromatic N) is 3. The fourth-order valence-electron chi connectivity index (χ4n) is 1.16. The first-order chi connectivity index (χ1) is 7.61. The third kappa shape index (κ3) is 4.74. The van der Waals surface area contributed by atoms with E-state index in [1.807, 2.05) is 14.1 Å². The maximum Gasteiger partial charge on any atom is 0.158 e. The van der Waals surface area contributed by atoms with Gasteiger partial charge in [-0.1, -0.05) is 11.6 Å². The van der Waals surface area contributed by atoms with Crippen molar-refractivity contribution in [2.24, 2.45) is 0 Å². The predicted molar refractivity (Wildman–Crippen MR) is 64.8 cm³/mol. The minimum absolute atomic E-state index is 0.364. The monoisotopic (exact) mass is 244 g/mol. The van der Waals surface area contributed by atoms with E-state index in [1.165, 1.54) is 0 Å². The number of rotatable bonds is 6. The van der Waals surface area contributed by atoms with Crippen LogP contribution in [0, 0.1) is 0 Å². The van der Waals surface area contributed by atoms with Crippen molar-refractivity contribution in [3.05, 3.63) is 17.0 Å². The largest absolute Gasteiger partial charge is 0.377 e. The first-order valence-electron chi connectivity index (χ1n) is 5.03. The van der Waals surface area contributed by atoms with Crippen LogP contribution in [0.2, 0.25) is 5.15 Å². The van der Waals surface area contributed by atoms with Crippen molar-refractivity contribution in [1.29, 1.82) is 0 Å². The molecule has 5 nitrogen and oxygen atoms in total. The molecule has 1 N–H and O–H groups in total. The second-order valence-electron chi connectivity index (χ2n) is 3.66. The first-order valence-corrected chi connectivity index (χ1v) is 5.40. The zero-order valence-corrected chi connectivity index (χ0v) is 10.6. The number of nitrogens with one attached hydrogen (secondary N) is 1. The van der Waals surface area contributed by atoms with Crippen molar-refractivity contribution in [2.75, 3.05) is 39.6 Å². The average Bonchev–Trinajstić information content (AvgIpc) is 2.16. The topological polar surface area (TPSA) is 50.3 Å². The Morgan fingerprint density at radius 1 is 1.44 bits per heavy atom. The third-order valence-corrected chi connectivity index (χ3v) is 2.07.